The van der Waals surface area contributed by atoms with Crippen molar-refractivity contribution in [2.45, 2.75) is 58.6 Å². The van der Waals surface area contributed by atoms with Crippen molar-refractivity contribution in [1.82, 2.24) is 9.78 Å². The molecule has 1 aliphatic rings. The molecule has 1 aliphatic carbocycles. The van der Waals surface area contributed by atoms with Crippen LogP contribution in [0.4, 0.5) is 0 Å². The molecule has 0 aliphatic heterocycles. The molecule has 4 nitrogen and oxygen atoms in total. The standard InChI is InChI=1S/C15H27N3O/c1-3-9-18-13(6-8-17-18)14(19)15(11-16)7-4-5-12(2)10-15/h6,8,12,14,19H,3-5,7,9-11,16H2,1-2H3. The molecule has 0 spiro atoms. The van der Waals surface area contributed by atoms with Crippen LogP contribution in [0.5, 0.6) is 0 Å². The summed E-state index contributed by atoms with van der Waals surface area (Å²) in [5, 5.41) is 15.2. The number of aliphatic hydroxyl groups is 1. The lowest BCUT2D eigenvalue weighted by molar-refractivity contribution is -0.0183. The second kappa shape index (κ2) is 6.06. The molecule has 1 saturated carbocycles. The number of aryl methyl sites for hydroxylation is 1. The fourth-order valence-corrected chi connectivity index (χ4v) is 3.53. The zero-order valence-corrected chi connectivity index (χ0v) is 12.2. The monoisotopic (exact) mass is 265 g/mol. The molecule has 3 unspecified atom stereocenters. The highest BCUT2D eigenvalue weighted by Crippen LogP contribution is 2.47. The van der Waals surface area contributed by atoms with Crippen molar-refractivity contribution in [1.29, 1.82) is 0 Å². The molecule has 3 atom stereocenters. The van der Waals surface area contributed by atoms with Gasteiger partial charge in [-0.2, -0.15) is 5.10 Å². The van der Waals surface area contributed by atoms with Crippen LogP contribution in [-0.4, -0.2) is 21.4 Å². The van der Waals surface area contributed by atoms with Crippen molar-refractivity contribution < 1.29 is 5.11 Å². The summed E-state index contributed by atoms with van der Waals surface area (Å²) >= 11 is 0. The highest BCUT2D eigenvalue weighted by atomic mass is 16.3. The van der Waals surface area contributed by atoms with Crippen molar-refractivity contribution >= 4 is 0 Å². The van der Waals surface area contributed by atoms with Gasteiger partial charge in [0.2, 0.25) is 0 Å². The van der Waals surface area contributed by atoms with Gasteiger partial charge < -0.3 is 10.8 Å². The van der Waals surface area contributed by atoms with Crippen LogP contribution >= 0.6 is 0 Å². The number of rotatable bonds is 5. The molecular formula is C15H27N3O. The summed E-state index contributed by atoms with van der Waals surface area (Å²) < 4.78 is 1.93. The predicted octanol–water partition coefficient (Wildman–Crippen LogP) is 2.48. The molecule has 0 bridgehead atoms. The Balaban J connectivity index is 2.24. The van der Waals surface area contributed by atoms with Crippen LogP contribution in [0.15, 0.2) is 12.3 Å². The van der Waals surface area contributed by atoms with Crippen LogP contribution in [0, 0.1) is 11.3 Å². The molecule has 1 fully saturated rings. The van der Waals surface area contributed by atoms with E-state index in [-0.39, 0.29) is 5.41 Å². The molecular weight excluding hydrogens is 238 g/mol. The van der Waals surface area contributed by atoms with E-state index in [0.717, 1.165) is 37.9 Å². The van der Waals surface area contributed by atoms with Crippen molar-refractivity contribution in [2.24, 2.45) is 17.1 Å². The van der Waals surface area contributed by atoms with Crippen LogP contribution in [0.2, 0.25) is 0 Å². The fourth-order valence-electron chi connectivity index (χ4n) is 3.53. The Morgan fingerprint density at radius 3 is 3.05 bits per heavy atom. The van der Waals surface area contributed by atoms with Crippen molar-refractivity contribution in [3.8, 4) is 0 Å². The molecule has 0 saturated heterocycles. The van der Waals surface area contributed by atoms with E-state index in [1.165, 1.54) is 6.42 Å². The third-order valence-electron chi connectivity index (χ3n) is 4.58. The minimum atomic E-state index is -0.491. The van der Waals surface area contributed by atoms with E-state index < -0.39 is 6.10 Å². The second-order valence-electron chi connectivity index (χ2n) is 6.15. The minimum absolute atomic E-state index is 0.164. The normalized spacial score (nSPS) is 29.4. The lowest BCUT2D eigenvalue weighted by Crippen LogP contribution is -2.41. The molecule has 4 heteroatoms. The van der Waals surface area contributed by atoms with Gasteiger partial charge >= 0.3 is 0 Å². The van der Waals surface area contributed by atoms with Crippen LogP contribution in [0.1, 0.15) is 57.7 Å². The van der Waals surface area contributed by atoms with E-state index in [2.05, 4.69) is 18.9 Å². The Hall–Kier alpha value is -0.870. The van der Waals surface area contributed by atoms with Crippen LogP contribution < -0.4 is 5.73 Å². The van der Waals surface area contributed by atoms with Gasteiger partial charge in [0.15, 0.2) is 0 Å². The molecule has 1 aromatic rings. The maximum Gasteiger partial charge on any atom is 0.102 e. The number of hydrogen-bond acceptors (Lipinski definition) is 3. The zero-order chi connectivity index (χ0) is 13.9. The van der Waals surface area contributed by atoms with Gasteiger partial charge in [0.1, 0.15) is 6.10 Å². The van der Waals surface area contributed by atoms with Gasteiger partial charge in [-0.1, -0.05) is 26.7 Å². The van der Waals surface area contributed by atoms with Crippen molar-refractivity contribution in [3.05, 3.63) is 18.0 Å². The number of aliphatic hydroxyl groups excluding tert-OH is 1. The molecule has 0 aromatic carbocycles. The lowest BCUT2D eigenvalue weighted by atomic mass is 9.66. The van der Waals surface area contributed by atoms with Gasteiger partial charge in [0.25, 0.3) is 0 Å². The minimum Gasteiger partial charge on any atom is -0.386 e. The molecule has 0 radical (unpaired) electrons. The fraction of sp³-hybridized carbons (Fsp3) is 0.800. The van der Waals surface area contributed by atoms with E-state index in [0.29, 0.717) is 12.5 Å². The first-order valence-corrected chi connectivity index (χ1v) is 7.53. The van der Waals surface area contributed by atoms with Crippen LogP contribution in [0.3, 0.4) is 0 Å². The van der Waals surface area contributed by atoms with Gasteiger partial charge in [0.05, 0.1) is 5.69 Å². The quantitative estimate of drug-likeness (QED) is 0.859. The second-order valence-corrected chi connectivity index (χ2v) is 6.15. The maximum absolute atomic E-state index is 10.9. The summed E-state index contributed by atoms with van der Waals surface area (Å²) in [6, 6.07) is 1.94. The first kappa shape index (κ1) is 14.5. The molecule has 19 heavy (non-hydrogen) atoms. The van der Waals surface area contributed by atoms with Gasteiger partial charge in [-0.05, 0) is 31.2 Å². The summed E-state index contributed by atoms with van der Waals surface area (Å²) in [5.74, 6) is 0.648. The first-order valence-electron chi connectivity index (χ1n) is 7.53. The third-order valence-corrected chi connectivity index (χ3v) is 4.58. The Morgan fingerprint density at radius 1 is 1.63 bits per heavy atom. The Morgan fingerprint density at radius 2 is 2.42 bits per heavy atom. The van der Waals surface area contributed by atoms with Crippen LogP contribution in [-0.2, 0) is 6.54 Å². The molecule has 108 valence electrons. The number of nitrogens with two attached hydrogens (primary N) is 1. The molecule has 1 heterocycles. The topological polar surface area (TPSA) is 64.1 Å². The average Bonchev–Trinajstić information content (AvgIpc) is 2.86. The van der Waals surface area contributed by atoms with E-state index >= 15 is 0 Å². The molecule has 1 aromatic heterocycles. The van der Waals surface area contributed by atoms with Gasteiger partial charge in [-0.25, -0.2) is 0 Å². The average molecular weight is 265 g/mol. The van der Waals surface area contributed by atoms with E-state index in [1.807, 2.05) is 10.7 Å². The van der Waals surface area contributed by atoms with Crippen molar-refractivity contribution in [2.75, 3.05) is 6.54 Å². The molecule has 3 N–H and O–H groups in total. The molecule has 2 rings (SSSR count). The zero-order valence-electron chi connectivity index (χ0n) is 12.2. The van der Waals surface area contributed by atoms with Crippen molar-refractivity contribution in [3.63, 3.8) is 0 Å². The van der Waals surface area contributed by atoms with Gasteiger partial charge in [0, 0.05) is 24.7 Å². The highest BCUT2D eigenvalue weighted by Gasteiger charge is 2.41. The number of nitrogens with zero attached hydrogens (tertiary/aromatic N) is 2. The van der Waals surface area contributed by atoms with Crippen LogP contribution in [0.25, 0.3) is 0 Å². The molecule has 0 amide bonds. The maximum atomic E-state index is 10.9. The summed E-state index contributed by atoms with van der Waals surface area (Å²) in [5.41, 5.74) is 6.81. The summed E-state index contributed by atoms with van der Waals surface area (Å²) in [4.78, 5) is 0. The van der Waals surface area contributed by atoms with Gasteiger partial charge in [-0.15, -0.1) is 0 Å². The predicted molar refractivity (Wildman–Crippen MR) is 76.6 cm³/mol. The van der Waals surface area contributed by atoms with Gasteiger partial charge in [-0.3, -0.25) is 4.68 Å². The highest BCUT2D eigenvalue weighted by molar-refractivity contribution is 5.11. The largest absolute Gasteiger partial charge is 0.386 e. The SMILES string of the molecule is CCCn1nccc1C(O)C1(CN)CCCC(C)C1. The Labute approximate surface area is 116 Å². The Bertz CT molecular complexity index is 404. The lowest BCUT2D eigenvalue weighted by Gasteiger charge is -2.42. The summed E-state index contributed by atoms with van der Waals surface area (Å²) in [6.45, 7) is 5.80. The number of hydrogen-bond donors (Lipinski definition) is 2. The number of aromatic nitrogens is 2. The van der Waals surface area contributed by atoms with E-state index in [1.54, 1.807) is 6.20 Å². The van der Waals surface area contributed by atoms with E-state index in [9.17, 15) is 5.11 Å². The summed E-state index contributed by atoms with van der Waals surface area (Å²) in [6.07, 6.45) is 6.76. The van der Waals surface area contributed by atoms with E-state index in [4.69, 9.17) is 5.73 Å². The first-order chi connectivity index (χ1) is 9.13. The third kappa shape index (κ3) is 2.84. The summed E-state index contributed by atoms with van der Waals surface area (Å²) in [7, 11) is 0. The smallest absolute Gasteiger partial charge is 0.102 e. The Kier molecular flexibility index (Phi) is 4.63.